The fraction of sp³-hybridized carbons (Fsp3) is 0.208. The largest absolute Gasteiger partial charge is 0.497 e. The average molecular weight is 496 g/mol. The lowest BCUT2D eigenvalue weighted by Gasteiger charge is -2.10. The van der Waals surface area contributed by atoms with Gasteiger partial charge in [-0.05, 0) is 67.1 Å². The number of methoxy groups -OCH3 is 1. The highest BCUT2D eigenvalue weighted by Gasteiger charge is 2.19. The number of fused-ring (bicyclic) bond motifs is 2. The Morgan fingerprint density at radius 1 is 1.06 bits per heavy atom. The van der Waals surface area contributed by atoms with Gasteiger partial charge >= 0.3 is 5.91 Å². The first-order valence-corrected chi connectivity index (χ1v) is 10.8. The Bertz CT molecular complexity index is 1340. The van der Waals surface area contributed by atoms with Crippen LogP contribution >= 0.6 is 15.9 Å². The molecule has 0 unspecified atom stereocenters. The third kappa shape index (κ3) is 4.31. The molecule has 7 nitrogen and oxygen atoms in total. The molecule has 164 valence electrons. The Morgan fingerprint density at radius 3 is 2.53 bits per heavy atom. The number of carbonyl (C=O) groups is 1. The number of ether oxygens (including phenoxy) is 2. The normalized spacial score (nSPS) is 11.7. The van der Waals surface area contributed by atoms with Gasteiger partial charge in [-0.1, -0.05) is 28.1 Å². The van der Waals surface area contributed by atoms with Crippen LogP contribution in [-0.2, 0) is 4.79 Å². The molecule has 1 amide bonds. The van der Waals surface area contributed by atoms with Gasteiger partial charge in [-0.3, -0.25) is 4.79 Å². The van der Waals surface area contributed by atoms with Crippen molar-refractivity contribution in [3.8, 4) is 17.4 Å². The molecule has 0 radical (unpaired) electrons. The van der Waals surface area contributed by atoms with Crippen LogP contribution in [-0.4, -0.2) is 29.3 Å². The predicted molar refractivity (Wildman–Crippen MR) is 127 cm³/mol. The quantitative estimate of drug-likeness (QED) is 0.307. The molecule has 0 saturated heterocycles. The summed E-state index contributed by atoms with van der Waals surface area (Å²) >= 11 is 3.45. The Balaban J connectivity index is 1.54. The van der Waals surface area contributed by atoms with Crippen LogP contribution in [0, 0.1) is 0 Å². The van der Waals surface area contributed by atoms with Gasteiger partial charge in [-0.2, -0.15) is 0 Å². The monoisotopic (exact) mass is 495 g/mol. The number of halogens is 1. The second-order valence-electron chi connectivity index (χ2n) is 7.55. The third-order valence-electron chi connectivity index (χ3n) is 5.07. The molecule has 1 aromatic heterocycles. The number of hydrogen-bond donors (Lipinski definition) is 1. The molecule has 0 aliphatic rings. The molecule has 0 bridgehead atoms. The summed E-state index contributed by atoms with van der Waals surface area (Å²) in [5.74, 6) is 0.565. The van der Waals surface area contributed by atoms with Gasteiger partial charge < -0.3 is 19.1 Å². The van der Waals surface area contributed by atoms with E-state index in [1.165, 1.54) is 0 Å². The first-order chi connectivity index (χ1) is 15.4. The SMILES string of the molecule is COc1ccc2c(c1)c(N=NC(=O)COc1ccc3cc(Br)ccc3c1)c(O)n2C(C)C. The number of azo groups is 1. The minimum absolute atomic E-state index is 0.0117. The van der Waals surface area contributed by atoms with E-state index < -0.39 is 5.91 Å². The van der Waals surface area contributed by atoms with E-state index in [0.717, 1.165) is 20.8 Å². The molecule has 8 heteroatoms. The van der Waals surface area contributed by atoms with E-state index in [4.69, 9.17) is 9.47 Å². The minimum Gasteiger partial charge on any atom is -0.497 e. The molecule has 4 rings (SSSR count). The molecule has 0 atom stereocenters. The van der Waals surface area contributed by atoms with Crippen molar-refractivity contribution in [1.82, 2.24) is 4.57 Å². The van der Waals surface area contributed by atoms with Gasteiger partial charge in [0.2, 0.25) is 5.88 Å². The summed E-state index contributed by atoms with van der Waals surface area (Å²) < 4.78 is 13.6. The molecule has 4 aromatic rings. The Labute approximate surface area is 193 Å². The second-order valence-corrected chi connectivity index (χ2v) is 8.47. The van der Waals surface area contributed by atoms with E-state index in [1.54, 1.807) is 23.8 Å². The van der Waals surface area contributed by atoms with E-state index in [-0.39, 0.29) is 24.2 Å². The smallest absolute Gasteiger partial charge is 0.302 e. The summed E-state index contributed by atoms with van der Waals surface area (Å²) in [6.07, 6.45) is 0. The zero-order valence-corrected chi connectivity index (χ0v) is 19.5. The first kappa shape index (κ1) is 21.8. The molecule has 0 fully saturated rings. The lowest BCUT2D eigenvalue weighted by molar-refractivity contribution is -0.120. The van der Waals surface area contributed by atoms with Crippen molar-refractivity contribution in [3.63, 3.8) is 0 Å². The minimum atomic E-state index is -0.561. The maximum absolute atomic E-state index is 12.3. The van der Waals surface area contributed by atoms with Gasteiger partial charge in [0.25, 0.3) is 0 Å². The summed E-state index contributed by atoms with van der Waals surface area (Å²) in [5.41, 5.74) is 0.996. The van der Waals surface area contributed by atoms with Gasteiger partial charge in [-0.15, -0.1) is 10.2 Å². The highest BCUT2D eigenvalue weighted by molar-refractivity contribution is 9.10. The summed E-state index contributed by atoms with van der Waals surface area (Å²) in [6, 6.07) is 16.9. The highest BCUT2D eigenvalue weighted by atomic mass is 79.9. The number of aromatic nitrogens is 1. The summed E-state index contributed by atoms with van der Waals surface area (Å²) in [4.78, 5) is 12.3. The van der Waals surface area contributed by atoms with Crippen LogP contribution in [0.2, 0.25) is 0 Å². The van der Waals surface area contributed by atoms with Crippen LogP contribution in [0.25, 0.3) is 21.7 Å². The summed E-state index contributed by atoms with van der Waals surface area (Å²) in [7, 11) is 1.56. The Kier molecular flexibility index (Phi) is 6.14. The van der Waals surface area contributed by atoms with Gasteiger partial charge in [0.1, 0.15) is 11.5 Å². The summed E-state index contributed by atoms with van der Waals surface area (Å²) in [6.45, 7) is 3.63. The molecule has 3 aromatic carbocycles. The molecule has 1 heterocycles. The standard InChI is InChI=1S/C24H22BrN3O4/c1-14(2)28-21-9-8-18(31-3)12-20(21)23(24(28)30)27-26-22(29)13-32-19-7-5-15-10-17(25)6-4-16(15)11-19/h4-12,14,30H,13H2,1-3H3. The summed E-state index contributed by atoms with van der Waals surface area (Å²) in [5, 5.41) is 21.2. The van der Waals surface area contributed by atoms with Gasteiger partial charge in [0.05, 0.1) is 12.6 Å². The average Bonchev–Trinajstić information content (AvgIpc) is 3.06. The zero-order valence-electron chi connectivity index (χ0n) is 17.9. The number of rotatable bonds is 6. The van der Waals surface area contributed by atoms with Crippen LogP contribution in [0.1, 0.15) is 19.9 Å². The van der Waals surface area contributed by atoms with Gasteiger partial charge in [-0.25, -0.2) is 0 Å². The molecular weight excluding hydrogens is 474 g/mol. The predicted octanol–water partition coefficient (Wildman–Crippen LogP) is 6.54. The van der Waals surface area contributed by atoms with E-state index in [1.807, 2.05) is 56.3 Å². The first-order valence-electron chi connectivity index (χ1n) is 10.0. The topological polar surface area (TPSA) is 85.4 Å². The third-order valence-corrected chi connectivity index (χ3v) is 5.57. The van der Waals surface area contributed by atoms with Crippen LogP contribution in [0.3, 0.4) is 0 Å². The van der Waals surface area contributed by atoms with E-state index in [2.05, 4.69) is 26.2 Å². The molecule has 0 spiro atoms. The fourth-order valence-corrected chi connectivity index (χ4v) is 3.95. The lowest BCUT2D eigenvalue weighted by atomic mass is 10.1. The Morgan fingerprint density at radius 2 is 1.78 bits per heavy atom. The van der Waals surface area contributed by atoms with Crippen molar-refractivity contribution in [3.05, 3.63) is 59.1 Å². The lowest BCUT2D eigenvalue weighted by Crippen LogP contribution is -2.07. The molecule has 32 heavy (non-hydrogen) atoms. The van der Waals surface area contributed by atoms with Crippen molar-refractivity contribution >= 4 is 49.2 Å². The fourth-order valence-electron chi connectivity index (χ4n) is 3.58. The molecular formula is C24H22BrN3O4. The molecule has 1 N–H and O–H groups in total. The highest BCUT2D eigenvalue weighted by Crippen LogP contribution is 2.42. The van der Waals surface area contributed by atoms with Crippen LogP contribution in [0.15, 0.2) is 69.3 Å². The van der Waals surface area contributed by atoms with Crippen molar-refractivity contribution in [2.24, 2.45) is 10.2 Å². The van der Waals surface area contributed by atoms with Gasteiger partial charge in [0.15, 0.2) is 12.3 Å². The van der Waals surface area contributed by atoms with Crippen LogP contribution in [0.4, 0.5) is 5.69 Å². The van der Waals surface area contributed by atoms with E-state index in [0.29, 0.717) is 16.9 Å². The maximum Gasteiger partial charge on any atom is 0.302 e. The number of hydrogen-bond acceptors (Lipinski definition) is 5. The molecule has 0 aliphatic heterocycles. The number of nitrogens with zero attached hydrogens (tertiary/aromatic N) is 3. The van der Waals surface area contributed by atoms with Crippen molar-refractivity contribution in [1.29, 1.82) is 0 Å². The number of aromatic hydroxyl groups is 1. The number of benzene rings is 3. The van der Waals surface area contributed by atoms with Crippen molar-refractivity contribution < 1.29 is 19.4 Å². The van der Waals surface area contributed by atoms with Crippen molar-refractivity contribution in [2.75, 3.05) is 13.7 Å². The van der Waals surface area contributed by atoms with Crippen LogP contribution < -0.4 is 9.47 Å². The number of amides is 1. The van der Waals surface area contributed by atoms with Crippen molar-refractivity contribution in [2.45, 2.75) is 19.9 Å². The Hall–Kier alpha value is -3.39. The van der Waals surface area contributed by atoms with Gasteiger partial charge in [0, 0.05) is 15.9 Å². The van der Waals surface area contributed by atoms with Crippen LogP contribution in [0.5, 0.6) is 17.4 Å². The van der Waals surface area contributed by atoms with E-state index >= 15 is 0 Å². The molecule has 0 saturated carbocycles. The second kappa shape index (κ2) is 9.00. The number of carbonyl (C=O) groups excluding carboxylic acids is 1. The zero-order chi connectivity index (χ0) is 22.8. The van der Waals surface area contributed by atoms with E-state index in [9.17, 15) is 9.90 Å². The molecule has 0 aliphatic carbocycles. The maximum atomic E-state index is 12.3.